The molecule has 5 nitrogen and oxygen atoms in total. The van der Waals surface area contributed by atoms with Crippen LogP contribution in [0.25, 0.3) is 11.4 Å². The molecular weight excluding hydrogens is 276 g/mol. The average molecular weight is 300 g/mol. The van der Waals surface area contributed by atoms with Gasteiger partial charge in [-0.2, -0.15) is 0 Å². The molecule has 0 saturated heterocycles. The molecule has 0 amide bonds. The van der Waals surface area contributed by atoms with Crippen LogP contribution in [0.5, 0.6) is 5.75 Å². The predicted octanol–water partition coefficient (Wildman–Crippen LogP) is 2.64. The molecule has 22 heavy (non-hydrogen) atoms. The summed E-state index contributed by atoms with van der Waals surface area (Å²) in [7, 11) is 1.97. The number of rotatable bonds is 5. The number of aromatic hydroxyl groups is 1. The molecule has 0 unspecified atom stereocenters. The summed E-state index contributed by atoms with van der Waals surface area (Å²) in [6, 6.07) is 7.47. The Balaban J connectivity index is 2.40. The number of aryl methyl sites for hydroxylation is 2. The number of nitrogens with zero attached hydrogens (tertiary/aromatic N) is 3. The molecule has 2 rings (SSSR count). The Hall–Kier alpha value is -2.14. The monoisotopic (exact) mass is 300 g/mol. The molecule has 0 aliphatic heterocycles. The number of aromatic nitrogens is 2. The molecule has 0 radical (unpaired) electrons. The van der Waals surface area contributed by atoms with Gasteiger partial charge in [0, 0.05) is 31.4 Å². The van der Waals surface area contributed by atoms with Crippen molar-refractivity contribution in [3.8, 4) is 17.1 Å². The molecule has 5 heteroatoms. The Morgan fingerprint density at radius 2 is 1.95 bits per heavy atom. The van der Waals surface area contributed by atoms with Crippen molar-refractivity contribution in [2.45, 2.75) is 33.2 Å². The molecule has 1 aromatic carbocycles. The third-order valence-electron chi connectivity index (χ3n) is 3.66. The summed E-state index contributed by atoms with van der Waals surface area (Å²) in [6.45, 7) is 6.70. The number of anilines is 1. The van der Waals surface area contributed by atoms with Gasteiger partial charge in [-0.25, -0.2) is 9.97 Å². The van der Waals surface area contributed by atoms with Crippen molar-refractivity contribution >= 4 is 5.82 Å². The number of phenolic OH excluding ortho intramolecular Hbond substituents is 1. The molecule has 0 aliphatic rings. The van der Waals surface area contributed by atoms with Crippen LogP contribution >= 0.6 is 0 Å². The summed E-state index contributed by atoms with van der Waals surface area (Å²) in [5.74, 6) is 1.54. The first-order chi connectivity index (χ1) is 10.4. The van der Waals surface area contributed by atoms with Gasteiger partial charge in [-0.15, -0.1) is 0 Å². The molecule has 1 heterocycles. The highest BCUT2D eigenvalue weighted by atomic mass is 16.3. The van der Waals surface area contributed by atoms with E-state index in [9.17, 15) is 5.11 Å². The topological polar surface area (TPSA) is 75.3 Å². The van der Waals surface area contributed by atoms with Gasteiger partial charge in [-0.1, -0.05) is 18.6 Å². The summed E-state index contributed by atoms with van der Waals surface area (Å²) < 4.78 is 0. The lowest BCUT2D eigenvalue weighted by atomic mass is 10.1. The van der Waals surface area contributed by atoms with Crippen LogP contribution in [0.1, 0.15) is 24.6 Å². The second-order valence-electron chi connectivity index (χ2n) is 5.76. The largest absolute Gasteiger partial charge is 0.507 e. The zero-order valence-electron chi connectivity index (χ0n) is 13.7. The first-order valence-electron chi connectivity index (χ1n) is 7.53. The molecule has 118 valence electrons. The van der Waals surface area contributed by atoms with Crippen molar-refractivity contribution in [3.63, 3.8) is 0 Å². The number of likely N-dealkylation sites (N-methyl/N-ethyl adjacent to an activating group) is 1. The van der Waals surface area contributed by atoms with Crippen LogP contribution in [0, 0.1) is 13.8 Å². The quantitative estimate of drug-likeness (QED) is 0.888. The first-order valence-corrected chi connectivity index (χ1v) is 7.53. The SMILES string of the molecule is CC[C@@H](N)CN(C)c1cc(C)nc(-c2cc(C)ccc2O)n1. The number of hydrogen-bond acceptors (Lipinski definition) is 5. The fourth-order valence-corrected chi connectivity index (χ4v) is 2.27. The van der Waals surface area contributed by atoms with E-state index in [-0.39, 0.29) is 11.8 Å². The maximum Gasteiger partial charge on any atom is 0.165 e. The predicted molar refractivity (Wildman–Crippen MR) is 90.1 cm³/mol. The molecule has 1 aromatic heterocycles. The molecule has 0 aliphatic carbocycles. The first kappa shape index (κ1) is 16.2. The Labute approximate surface area is 131 Å². The van der Waals surface area contributed by atoms with Crippen LogP contribution in [0.15, 0.2) is 24.3 Å². The number of hydrogen-bond donors (Lipinski definition) is 2. The van der Waals surface area contributed by atoms with Gasteiger partial charge in [-0.05, 0) is 32.4 Å². The lowest BCUT2D eigenvalue weighted by Crippen LogP contribution is -2.35. The molecule has 0 saturated carbocycles. The van der Waals surface area contributed by atoms with Gasteiger partial charge in [0.1, 0.15) is 11.6 Å². The van der Waals surface area contributed by atoms with Crippen molar-refractivity contribution < 1.29 is 5.11 Å². The van der Waals surface area contributed by atoms with Gasteiger partial charge in [-0.3, -0.25) is 0 Å². The second-order valence-corrected chi connectivity index (χ2v) is 5.76. The fraction of sp³-hybridized carbons (Fsp3) is 0.412. The molecule has 1 atom stereocenters. The Morgan fingerprint density at radius 3 is 2.64 bits per heavy atom. The maximum atomic E-state index is 10.1. The van der Waals surface area contributed by atoms with E-state index in [1.807, 2.05) is 44.0 Å². The van der Waals surface area contributed by atoms with Crippen LogP contribution < -0.4 is 10.6 Å². The normalized spacial score (nSPS) is 12.2. The summed E-state index contributed by atoms with van der Waals surface area (Å²) >= 11 is 0. The van der Waals surface area contributed by atoms with Gasteiger partial charge in [0.25, 0.3) is 0 Å². The lowest BCUT2D eigenvalue weighted by Gasteiger charge is -2.22. The minimum atomic E-state index is 0.107. The van der Waals surface area contributed by atoms with Gasteiger partial charge >= 0.3 is 0 Å². The van der Waals surface area contributed by atoms with Gasteiger partial charge in [0.05, 0.1) is 5.56 Å². The van der Waals surface area contributed by atoms with Gasteiger partial charge in [0.15, 0.2) is 5.82 Å². The molecule has 3 N–H and O–H groups in total. The van der Waals surface area contributed by atoms with Crippen LogP contribution in [-0.2, 0) is 0 Å². The third-order valence-corrected chi connectivity index (χ3v) is 3.66. The standard InChI is InChI=1S/C17H24N4O/c1-5-13(18)10-21(4)16-9-12(3)19-17(20-16)14-8-11(2)6-7-15(14)22/h6-9,13,22H,5,10,18H2,1-4H3/t13-/m1/s1. The van der Waals surface area contributed by atoms with E-state index < -0.39 is 0 Å². The fourth-order valence-electron chi connectivity index (χ4n) is 2.27. The highest BCUT2D eigenvalue weighted by Crippen LogP contribution is 2.28. The van der Waals surface area contributed by atoms with Crippen LogP contribution in [0.2, 0.25) is 0 Å². The average Bonchev–Trinajstić information content (AvgIpc) is 2.48. The molecule has 0 bridgehead atoms. The zero-order valence-corrected chi connectivity index (χ0v) is 13.7. The number of phenols is 1. The van der Waals surface area contributed by atoms with Crippen molar-refractivity contribution in [2.75, 3.05) is 18.5 Å². The summed E-state index contributed by atoms with van der Waals surface area (Å²) in [5.41, 5.74) is 8.58. The highest BCUT2D eigenvalue weighted by molar-refractivity contribution is 5.66. The Kier molecular flexibility index (Phi) is 4.98. The molecule has 0 fully saturated rings. The second kappa shape index (κ2) is 6.75. The minimum absolute atomic E-state index is 0.107. The Bertz CT molecular complexity index is 657. The van der Waals surface area contributed by atoms with Crippen molar-refractivity contribution in [1.82, 2.24) is 9.97 Å². The van der Waals surface area contributed by atoms with Crippen molar-refractivity contribution in [2.24, 2.45) is 5.73 Å². The van der Waals surface area contributed by atoms with E-state index >= 15 is 0 Å². The van der Waals surface area contributed by atoms with Crippen molar-refractivity contribution in [1.29, 1.82) is 0 Å². The maximum absolute atomic E-state index is 10.1. The van der Waals surface area contributed by atoms with E-state index in [1.165, 1.54) is 0 Å². The van der Waals surface area contributed by atoms with Crippen molar-refractivity contribution in [3.05, 3.63) is 35.5 Å². The summed E-state index contributed by atoms with van der Waals surface area (Å²) in [6.07, 6.45) is 0.917. The van der Waals surface area contributed by atoms with Crippen LogP contribution in [0.4, 0.5) is 5.82 Å². The summed E-state index contributed by atoms with van der Waals surface area (Å²) in [5, 5.41) is 10.1. The highest BCUT2D eigenvalue weighted by Gasteiger charge is 2.13. The minimum Gasteiger partial charge on any atom is -0.507 e. The zero-order chi connectivity index (χ0) is 16.3. The van der Waals surface area contributed by atoms with Gasteiger partial charge in [0.2, 0.25) is 0 Å². The lowest BCUT2D eigenvalue weighted by molar-refractivity contribution is 0.476. The number of nitrogens with two attached hydrogens (primary N) is 1. The van der Waals surface area contributed by atoms with E-state index in [0.29, 0.717) is 11.4 Å². The molecule has 0 spiro atoms. The van der Waals surface area contributed by atoms with E-state index in [4.69, 9.17) is 5.73 Å². The van der Waals surface area contributed by atoms with Crippen LogP contribution in [0.3, 0.4) is 0 Å². The molecular formula is C17H24N4O. The van der Waals surface area contributed by atoms with Gasteiger partial charge < -0.3 is 15.7 Å². The Morgan fingerprint density at radius 1 is 1.23 bits per heavy atom. The smallest absolute Gasteiger partial charge is 0.165 e. The third kappa shape index (κ3) is 3.74. The summed E-state index contributed by atoms with van der Waals surface area (Å²) in [4.78, 5) is 11.1. The van der Waals surface area contributed by atoms with E-state index in [0.717, 1.165) is 30.0 Å². The van der Waals surface area contributed by atoms with E-state index in [1.54, 1.807) is 6.07 Å². The molecule has 2 aromatic rings. The van der Waals surface area contributed by atoms with Crippen LogP contribution in [-0.4, -0.2) is 34.7 Å². The number of benzene rings is 1. The van der Waals surface area contributed by atoms with E-state index in [2.05, 4.69) is 16.9 Å².